The molecular weight excluding hydrogens is 472 g/mol. The average Bonchev–Trinajstić information content (AvgIpc) is 3.67. The zero-order valence-electron chi connectivity index (χ0n) is 18.6. The van der Waals surface area contributed by atoms with E-state index in [1.54, 1.807) is 43.5 Å². The Balaban J connectivity index is 1.37. The number of imide groups is 2. The largest absolute Gasteiger partial charge is 0.497 e. The van der Waals surface area contributed by atoms with Gasteiger partial charge in [0, 0.05) is 11.3 Å². The highest BCUT2D eigenvalue weighted by atomic mass is 32.1. The van der Waals surface area contributed by atoms with Crippen molar-refractivity contribution in [3.8, 4) is 5.75 Å². The van der Waals surface area contributed by atoms with Gasteiger partial charge in [-0.15, -0.1) is 11.3 Å². The Kier molecular flexibility index (Phi) is 5.91. The molecule has 2 aliphatic heterocycles. The van der Waals surface area contributed by atoms with Gasteiger partial charge in [0.1, 0.15) is 24.1 Å². The number of methoxy groups -OCH3 is 1. The zero-order valence-corrected chi connectivity index (χ0v) is 19.4. The first-order valence-corrected chi connectivity index (χ1v) is 11.6. The van der Waals surface area contributed by atoms with E-state index in [1.165, 1.54) is 22.6 Å². The van der Waals surface area contributed by atoms with Gasteiger partial charge in [-0.25, -0.2) is 14.7 Å². The van der Waals surface area contributed by atoms with Crippen molar-refractivity contribution in [1.29, 1.82) is 0 Å². The maximum atomic E-state index is 13.3. The molecule has 0 saturated carbocycles. The minimum atomic E-state index is -1.03. The molecule has 2 aliphatic rings. The van der Waals surface area contributed by atoms with Crippen LogP contribution in [0.1, 0.15) is 28.7 Å². The standard InChI is InChI=1S/C24H20N4O6S/c1-33-16-8-6-15(7-9-16)18-12-19(20-5-2-10-34-20)28(25-18)21(29)14-27-23(31)22(30)26(24(27)32)13-17-4-3-11-35-17/h2-11,19H,12-14H2,1H3/t19-/m0/s1. The molecule has 4 heterocycles. The van der Waals surface area contributed by atoms with Crippen LogP contribution in [0.4, 0.5) is 4.79 Å². The van der Waals surface area contributed by atoms with Crippen molar-refractivity contribution in [2.24, 2.45) is 5.10 Å². The molecule has 11 heteroatoms. The van der Waals surface area contributed by atoms with Crippen molar-refractivity contribution in [2.45, 2.75) is 19.0 Å². The lowest BCUT2D eigenvalue weighted by atomic mass is 10.0. The number of hydrazone groups is 1. The lowest BCUT2D eigenvalue weighted by Crippen LogP contribution is -2.41. The number of carbonyl (C=O) groups is 4. The summed E-state index contributed by atoms with van der Waals surface area (Å²) >= 11 is 1.36. The Morgan fingerprint density at radius 3 is 2.51 bits per heavy atom. The smallest absolute Gasteiger partial charge is 0.335 e. The monoisotopic (exact) mass is 492 g/mol. The zero-order chi connectivity index (χ0) is 24.5. The highest BCUT2D eigenvalue weighted by molar-refractivity contribution is 7.09. The third-order valence-electron chi connectivity index (χ3n) is 5.78. The second kappa shape index (κ2) is 9.18. The molecule has 1 saturated heterocycles. The van der Waals surface area contributed by atoms with Crippen molar-refractivity contribution in [3.05, 3.63) is 76.4 Å². The molecule has 35 heavy (non-hydrogen) atoms. The van der Waals surface area contributed by atoms with Crippen LogP contribution in [0.2, 0.25) is 0 Å². The van der Waals surface area contributed by atoms with Gasteiger partial charge in [-0.2, -0.15) is 5.10 Å². The predicted molar refractivity (Wildman–Crippen MR) is 124 cm³/mol. The molecule has 2 aromatic heterocycles. The minimum absolute atomic E-state index is 0.0235. The summed E-state index contributed by atoms with van der Waals surface area (Å²) in [5.74, 6) is -1.40. The Hall–Kier alpha value is -4.25. The quantitative estimate of drug-likeness (QED) is 0.370. The van der Waals surface area contributed by atoms with Crippen LogP contribution in [0.25, 0.3) is 0 Å². The van der Waals surface area contributed by atoms with Gasteiger partial charge < -0.3 is 9.15 Å². The Labute approximate surface area is 204 Å². The number of hydrogen-bond acceptors (Lipinski definition) is 8. The van der Waals surface area contributed by atoms with Gasteiger partial charge >= 0.3 is 17.8 Å². The van der Waals surface area contributed by atoms with Crippen LogP contribution in [0.15, 0.2) is 69.7 Å². The fourth-order valence-electron chi connectivity index (χ4n) is 4.00. The summed E-state index contributed by atoms with van der Waals surface area (Å²) in [4.78, 5) is 53.4. The number of amides is 5. The van der Waals surface area contributed by atoms with E-state index in [0.29, 0.717) is 28.5 Å². The Bertz CT molecular complexity index is 1300. The summed E-state index contributed by atoms with van der Waals surface area (Å²) in [6.07, 6.45) is 1.87. The summed E-state index contributed by atoms with van der Waals surface area (Å²) in [6.45, 7) is -0.634. The number of rotatable bonds is 7. The minimum Gasteiger partial charge on any atom is -0.497 e. The molecule has 0 aliphatic carbocycles. The van der Waals surface area contributed by atoms with E-state index in [4.69, 9.17) is 9.15 Å². The summed E-state index contributed by atoms with van der Waals surface area (Å²) in [7, 11) is 1.57. The van der Waals surface area contributed by atoms with Crippen molar-refractivity contribution in [2.75, 3.05) is 13.7 Å². The van der Waals surface area contributed by atoms with Gasteiger partial charge in [-0.05, 0) is 53.4 Å². The van der Waals surface area contributed by atoms with Gasteiger partial charge in [0.15, 0.2) is 0 Å². The Morgan fingerprint density at radius 2 is 1.86 bits per heavy atom. The molecule has 3 aromatic rings. The van der Waals surface area contributed by atoms with Crippen LogP contribution in [0.5, 0.6) is 5.75 Å². The molecule has 0 unspecified atom stereocenters. The highest BCUT2D eigenvalue weighted by Gasteiger charge is 2.46. The van der Waals surface area contributed by atoms with Crippen molar-refractivity contribution < 1.29 is 28.3 Å². The van der Waals surface area contributed by atoms with E-state index in [9.17, 15) is 19.2 Å². The number of carbonyl (C=O) groups excluding carboxylic acids is 4. The number of urea groups is 1. The number of furan rings is 1. The Morgan fingerprint density at radius 1 is 1.09 bits per heavy atom. The lowest BCUT2D eigenvalue weighted by Gasteiger charge is -2.22. The first-order valence-electron chi connectivity index (χ1n) is 10.7. The number of thiophene rings is 1. The van der Waals surface area contributed by atoms with Crippen LogP contribution in [0, 0.1) is 0 Å². The molecule has 0 spiro atoms. The lowest BCUT2D eigenvalue weighted by molar-refractivity contribution is -0.145. The number of ether oxygens (including phenoxy) is 1. The van der Waals surface area contributed by atoms with Crippen LogP contribution < -0.4 is 4.74 Å². The van der Waals surface area contributed by atoms with Crippen molar-refractivity contribution in [1.82, 2.24) is 14.8 Å². The molecule has 0 N–H and O–H groups in total. The van der Waals surface area contributed by atoms with E-state index < -0.39 is 36.3 Å². The second-order valence-electron chi connectivity index (χ2n) is 7.89. The second-order valence-corrected chi connectivity index (χ2v) is 8.93. The summed E-state index contributed by atoms with van der Waals surface area (Å²) in [6, 6.07) is 12.9. The maximum Gasteiger partial charge on any atom is 0.335 e. The molecule has 1 atom stereocenters. The fourth-order valence-corrected chi connectivity index (χ4v) is 4.69. The molecular formula is C24H20N4O6S. The fraction of sp³-hybridized carbons (Fsp3) is 0.208. The van der Waals surface area contributed by atoms with Crippen molar-refractivity contribution >= 4 is 40.8 Å². The van der Waals surface area contributed by atoms with Crippen LogP contribution >= 0.6 is 11.3 Å². The highest BCUT2D eigenvalue weighted by Crippen LogP contribution is 2.33. The van der Waals surface area contributed by atoms with Gasteiger partial charge in [-0.1, -0.05) is 6.07 Å². The molecule has 0 bridgehead atoms. The predicted octanol–water partition coefficient (Wildman–Crippen LogP) is 3.02. The number of benzene rings is 1. The molecule has 1 aromatic carbocycles. The molecule has 178 valence electrons. The SMILES string of the molecule is COc1ccc(C2=NN(C(=O)CN3C(=O)C(=O)N(Cc4cccs4)C3=O)[C@H](c3ccco3)C2)cc1. The van der Waals surface area contributed by atoms with Crippen LogP contribution in [0.3, 0.4) is 0 Å². The topological polar surface area (TPSA) is 113 Å². The third-order valence-corrected chi connectivity index (χ3v) is 6.64. The van der Waals surface area contributed by atoms with Gasteiger partial charge in [-0.3, -0.25) is 19.3 Å². The normalized spacial score (nSPS) is 18.0. The van der Waals surface area contributed by atoms with Crippen LogP contribution in [-0.4, -0.2) is 57.9 Å². The summed E-state index contributed by atoms with van der Waals surface area (Å²) in [5, 5.41) is 7.52. The van der Waals surface area contributed by atoms with E-state index in [2.05, 4.69) is 5.10 Å². The molecule has 5 amide bonds. The van der Waals surface area contributed by atoms with Gasteiger partial charge in [0.05, 0.1) is 25.6 Å². The van der Waals surface area contributed by atoms with Gasteiger partial charge in [0.2, 0.25) is 0 Å². The first kappa shape index (κ1) is 22.5. The summed E-state index contributed by atoms with van der Waals surface area (Å²) < 4.78 is 10.7. The average molecular weight is 493 g/mol. The molecule has 10 nitrogen and oxygen atoms in total. The van der Waals surface area contributed by atoms with Gasteiger partial charge in [0.25, 0.3) is 5.91 Å². The van der Waals surface area contributed by atoms with E-state index in [-0.39, 0.29) is 6.54 Å². The molecule has 5 rings (SSSR count). The third kappa shape index (κ3) is 4.21. The first-order chi connectivity index (χ1) is 17.0. The summed E-state index contributed by atoms with van der Waals surface area (Å²) in [5.41, 5.74) is 1.43. The molecule has 1 fully saturated rings. The van der Waals surface area contributed by atoms with Crippen LogP contribution in [-0.2, 0) is 20.9 Å². The molecule has 0 radical (unpaired) electrons. The maximum absolute atomic E-state index is 13.3. The van der Waals surface area contributed by atoms with E-state index in [0.717, 1.165) is 15.3 Å². The number of nitrogens with zero attached hydrogens (tertiary/aromatic N) is 4. The van der Waals surface area contributed by atoms with E-state index >= 15 is 0 Å². The van der Waals surface area contributed by atoms with E-state index in [1.807, 2.05) is 17.5 Å². The number of hydrogen-bond donors (Lipinski definition) is 0. The van der Waals surface area contributed by atoms with Crippen molar-refractivity contribution in [3.63, 3.8) is 0 Å².